The molecule has 1 aromatic carbocycles. The first-order chi connectivity index (χ1) is 8.33. The standard InChI is InChI=1S/C14H17NO2/c1-2-5-13(15-8-10-17-11-9-15)12-6-3-4-7-14(12)16/h3-7,13,16H,1,8-11H2. The summed E-state index contributed by atoms with van der Waals surface area (Å²) in [7, 11) is 0. The number of phenols is 1. The molecule has 90 valence electrons. The SMILES string of the molecule is C=C=CC(c1ccccc1O)N1CCOCC1. The van der Waals surface area contributed by atoms with Gasteiger partial charge < -0.3 is 9.84 Å². The fourth-order valence-electron chi connectivity index (χ4n) is 2.10. The molecule has 2 rings (SSSR count). The molecule has 0 aromatic heterocycles. The van der Waals surface area contributed by atoms with Crippen LogP contribution in [0.3, 0.4) is 0 Å². The van der Waals surface area contributed by atoms with Crippen LogP contribution in [0.15, 0.2) is 42.7 Å². The zero-order chi connectivity index (χ0) is 12.1. The van der Waals surface area contributed by atoms with Crippen molar-refractivity contribution in [2.24, 2.45) is 0 Å². The van der Waals surface area contributed by atoms with Crippen molar-refractivity contribution in [1.29, 1.82) is 0 Å². The van der Waals surface area contributed by atoms with E-state index in [0.29, 0.717) is 5.75 Å². The first-order valence-corrected chi connectivity index (χ1v) is 5.78. The highest BCUT2D eigenvalue weighted by atomic mass is 16.5. The summed E-state index contributed by atoms with van der Waals surface area (Å²) in [4.78, 5) is 2.26. The van der Waals surface area contributed by atoms with Gasteiger partial charge in [0.2, 0.25) is 0 Å². The Kier molecular flexibility index (Phi) is 3.99. The molecule has 1 N–H and O–H groups in total. The average molecular weight is 231 g/mol. The first kappa shape index (κ1) is 11.9. The lowest BCUT2D eigenvalue weighted by atomic mass is 10.0. The first-order valence-electron chi connectivity index (χ1n) is 5.78. The molecular weight excluding hydrogens is 214 g/mol. The Hall–Kier alpha value is -1.54. The lowest BCUT2D eigenvalue weighted by Gasteiger charge is -2.32. The maximum Gasteiger partial charge on any atom is 0.120 e. The Morgan fingerprint density at radius 3 is 2.71 bits per heavy atom. The van der Waals surface area contributed by atoms with E-state index in [1.807, 2.05) is 24.3 Å². The molecule has 0 spiro atoms. The van der Waals surface area contributed by atoms with Crippen LogP contribution in [-0.4, -0.2) is 36.3 Å². The molecule has 1 aliphatic rings. The maximum atomic E-state index is 9.91. The van der Waals surface area contributed by atoms with E-state index in [9.17, 15) is 5.11 Å². The molecule has 0 radical (unpaired) electrons. The predicted molar refractivity (Wildman–Crippen MR) is 66.9 cm³/mol. The lowest BCUT2D eigenvalue weighted by molar-refractivity contribution is 0.0249. The molecule has 3 nitrogen and oxygen atoms in total. The van der Waals surface area contributed by atoms with E-state index in [-0.39, 0.29) is 6.04 Å². The van der Waals surface area contributed by atoms with Crippen molar-refractivity contribution in [3.63, 3.8) is 0 Å². The number of nitrogens with zero attached hydrogens (tertiary/aromatic N) is 1. The molecule has 1 fully saturated rings. The molecule has 1 aliphatic heterocycles. The Balaban J connectivity index is 2.28. The summed E-state index contributed by atoms with van der Waals surface area (Å²) in [5.41, 5.74) is 3.72. The minimum Gasteiger partial charge on any atom is -0.508 e. The van der Waals surface area contributed by atoms with Gasteiger partial charge in [-0.05, 0) is 12.1 Å². The van der Waals surface area contributed by atoms with Gasteiger partial charge in [0.05, 0.1) is 19.3 Å². The van der Waals surface area contributed by atoms with E-state index >= 15 is 0 Å². The number of morpholine rings is 1. The summed E-state index contributed by atoms with van der Waals surface area (Å²) in [5, 5.41) is 9.91. The van der Waals surface area contributed by atoms with Crippen molar-refractivity contribution in [3.05, 3.63) is 48.2 Å². The summed E-state index contributed by atoms with van der Waals surface area (Å²) in [6, 6.07) is 7.42. The molecule has 17 heavy (non-hydrogen) atoms. The van der Waals surface area contributed by atoms with Crippen LogP contribution in [0.2, 0.25) is 0 Å². The molecular formula is C14H17NO2. The van der Waals surface area contributed by atoms with Crippen molar-refractivity contribution in [2.75, 3.05) is 26.3 Å². The molecule has 1 atom stereocenters. The fraction of sp³-hybridized carbons (Fsp3) is 0.357. The molecule has 1 unspecified atom stereocenters. The van der Waals surface area contributed by atoms with Crippen LogP contribution < -0.4 is 0 Å². The highest BCUT2D eigenvalue weighted by Gasteiger charge is 2.22. The topological polar surface area (TPSA) is 32.7 Å². The van der Waals surface area contributed by atoms with Crippen LogP contribution in [-0.2, 0) is 4.74 Å². The Bertz CT molecular complexity index is 418. The van der Waals surface area contributed by atoms with Gasteiger partial charge >= 0.3 is 0 Å². The van der Waals surface area contributed by atoms with Crippen LogP contribution in [0.4, 0.5) is 0 Å². The second kappa shape index (κ2) is 5.69. The van der Waals surface area contributed by atoms with Crippen LogP contribution in [0.1, 0.15) is 11.6 Å². The zero-order valence-corrected chi connectivity index (χ0v) is 9.80. The van der Waals surface area contributed by atoms with Gasteiger partial charge in [-0.1, -0.05) is 24.8 Å². The fourth-order valence-corrected chi connectivity index (χ4v) is 2.10. The summed E-state index contributed by atoms with van der Waals surface area (Å²) >= 11 is 0. The van der Waals surface area contributed by atoms with E-state index in [0.717, 1.165) is 31.9 Å². The van der Waals surface area contributed by atoms with Gasteiger partial charge in [0.25, 0.3) is 0 Å². The van der Waals surface area contributed by atoms with Crippen molar-refractivity contribution in [1.82, 2.24) is 4.90 Å². The van der Waals surface area contributed by atoms with Crippen LogP contribution in [0.25, 0.3) is 0 Å². The maximum absolute atomic E-state index is 9.91. The van der Waals surface area contributed by atoms with E-state index in [4.69, 9.17) is 4.74 Å². The summed E-state index contributed by atoms with van der Waals surface area (Å²) in [5.74, 6) is 0.315. The molecule has 0 bridgehead atoms. The van der Waals surface area contributed by atoms with Crippen molar-refractivity contribution in [2.45, 2.75) is 6.04 Å². The van der Waals surface area contributed by atoms with E-state index in [1.165, 1.54) is 0 Å². The molecule has 1 heterocycles. The Labute approximate surface area is 102 Å². The predicted octanol–water partition coefficient (Wildman–Crippen LogP) is 2.11. The van der Waals surface area contributed by atoms with Crippen LogP contribution in [0.5, 0.6) is 5.75 Å². The zero-order valence-electron chi connectivity index (χ0n) is 9.80. The van der Waals surface area contributed by atoms with Gasteiger partial charge in [-0.25, -0.2) is 0 Å². The second-order valence-corrected chi connectivity index (χ2v) is 4.02. The highest BCUT2D eigenvalue weighted by molar-refractivity contribution is 5.36. The van der Waals surface area contributed by atoms with Crippen molar-refractivity contribution in [3.8, 4) is 5.75 Å². The number of benzene rings is 1. The molecule has 3 heteroatoms. The molecule has 0 aliphatic carbocycles. The Morgan fingerprint density at radius 2 is 2.06 bits per heavy atom. The van der Waals surface area contributed by atoms with Gasteiger partial charge in [0.15, 0.2) is 0 Å². The monoisotopic (exact) mass is 231 g/mol. The third kappa shape index (κ3) is 2.77. The van der Waals surface area contributed by atoms with Crippen LogP contribution >= 0.6 is 0 Å². The van der Waals surface area contributed by atoms with Crippen molar-refractivity contribution < 1.29 is 9.84 Å². The highest BCUT2D eigenvalue weighted by Crippen LogP contribution is 2.29. The smallest absolute Gasteiger partial charge is 0.120 e. The van der Waals surface area contributed by atoms with E-state index < -0.39 is 0 Å². The van der Waals surface area contributed by atoms with Gasteiger partial charge in [-0.2, -0.15) is 0 Å². The summed E-state index contributed by atoms with van der Waals surface area (Å²) < 4.78 is 5.34. The van der Waals surface area contributed by atoms with Gasteiger partial charge in [0, 0.05) is 18.7 Å². The largest absolute Gasteiger partial charge is 0.508 e. The molecule has 1 saturated heterocycles. The lowest BCUT2D eigenvalue weighted by Crippen LogP contribution is -2.38. The Morgan fingerprint density at radius 1 is 1.35 bits per heavy atom. The minimum atomic E-state index is 0.0256. The number of hydrogen-bond donors (Lipinski definition) is 1. The third-order valence-corrected chi connectivity index (χ3v) is 2.97. The molecule has 0 amide bonds. The quantitative estimate of drug-likeness (QED) is 0.809. The van der Waals surface area contributed by atoms with Gasteiger partial charge in [0.1, 0.15) is 5.75 Å². The number of ether oxygens (including phenoxy) is 1. The number of para-hydroxylation sites is 1. The van der Waals surface area contributed by atoms with Gasteiger partial charge in [-0.3, -0.25) is 4.90 Å². The van der Waals surface area contributed by atoms with Crippen molar-refractivity contribution >= 4 is 0 Å². The summed E-state index contributed by atoms with van der Waals surface area (Å²) in [6.07, 6.45) is 1.89. The third-order valence-electron chi connectivity index (χ3n) is 2.97. The minimum absolute atomic E-state index is 0.0256. The summed E-state index contributed by atoms with van der Waals surface area (Å²) in [6.45, 7) is 6.81. The normalized spacial score (nSPS) is 18.4. The van der Waals surface area contributed by atoms with Gasteiger partial charge in [-0.15, -0.1) is 5.73 Å². The number of aromatic hydroxyl groups is 1. The molecule has 1 aromatic rings. The van der Waals surface area contributed by atoms with Crippen LogP contribution in [0, 0.1) is 0 Å². The average Bonchev–Trinajstić information content (AvgIpc) is 2.38. The number of hydrogen-bond acceptors (Lipinski definition) is 3. The number of rotatable bonds is 3. The second-order valence-electron chi connectivity index (χ2n) is 4.02. The molecule has 0 saturated carbocycles. The number of phenolic OH excluding ortho intramolecular Hbond substituents is 1. The van der Waals surface area contributed by atoms with E-state index in [1.54, 1.807) is 6.07 Å². The van der Waals surface area contributed by atoms with E-state index in [2.05, 4.69) is 17.2 Å².